The standard InChI is InChI=1S/C27H30N4O4/c1-18-6-9-20(10-7-18)31-24(4-2-3-5-25(32)33)29-22-16-19(8-11-21(22)26(31)34)23-17-27(35-30-23)12-14-28-15-13-27/h6-11,16,28H,2-5,12-15,17H2,1H3,(H,32,33). The third kappa shape index (κ3) is 4.84. The minimum absolute atomic E-state index is 0.101. The van der Waals surface area contributed by atoms with Crippen molar-refractivity contribution < 1.29 is 14.7 Å². The predicted molar refractivity (Wildman–Crippen MR) is 134 cm³/mol. The fraction of sp³-hybridized carbons (Fsp3) is 0.407. The van der Waals surface area contributed by atoms with E-state index >= 15 is 0 Å². The van der Waals surface area contributed by atoms with Crippen LogP contribution in [0.5, 0.6) is 0 Å². The molecule has 35 heavy (non-hydrogen) atoms. The first kappa shape index (κ1) is 23.2. The quantitative estimate of drug-likeness (QED) is 0.506. The number of carboxylic acid groups (broad SMARTS) is 1. The molecule has 0 radical (unpaired) electrons. The van der Waals surface area contributed by atoms with Crippen LogP contribution in [0.25, 0.3) is 16.6 Å². The first-order chi connectivity index (χ1) is 16.9. The van der Waals surface area contributed by atoms with Gasteiger partial charge in [-0.2, -0.15) is 0 Å². The second-order valence-electron chi connectivity index (χ2n) is 9.58. The van der Waals surface area contributed by atoms with Crippen LogP contribution in [0, 0.1) is 6.92 Å². The van der Waals surface area contributed by atoms with Gasteiger partial charge in [0.1, 0.15) is 11.4 Å². The van der Waals surface area contributed by atoms with E-state index in [0.717, 1.165) is 54.9 Å². The zero-order chi connectivity index (χ0) is 24.4. The van der Waals surface area contributed by atoms with Crippen LogP contribution >= 0.6 is 0 Å². The highest BCUT2D eigenvalue weighted by Gasteiger charge is 2.40. The highest BCUT2D eigenvalue weighted by Crippen LogP contribution is 2.34. The van der Waals surface area contributed by atoms with E-state index in [4.69, 9.17) is 14.9 Å². The van der Waals surface area contributed by atoms with Crippen LogP contribution in [0.4, 0.5) is 0 Å². The minimum Gasteiger partial charge on any atom is -0.481 e. The molecule has 8 heteroatoms. The van der Waals surface area contributed by atoms with E-state index in [0.29, 0.717) is 36.0 Å². The Hall–Kier alpha value is -3.52. The second-order valence-corrected chi connectivity index (χ2v) is 9.58. The maximum absolute atomic E-state index is 13.6. The van der Waals surface area contributed by atoms with Gasteiger partial charge >= 0.3 is 5.97 Å². The molecular weight excluding hydrogens is 444 g/mol. The van der Waals surface area contributed by atoms with Gasteiger partial charge in [0.15, 0.2) is 0 Å². The maximum Gasteiger partial charge on any atom is 0.303 e. The molecule has 5 rings (SSSR count). The average molecular weight is 475 g/mol. The van der Waals surface area contributed by atoms with Crippen LogP contribution in [0.15, 0.2) is 52.4 Å². The number of fused-ring (bicyclic) bond motifs is 1. The van der Waals surface area contributed by atoms with Gasteiger partial charge in [-0.1, -0.05) is 28.9 Å². The number of aryl methyl sites for hydroxylation is 2. The number of aromatic nitrogens is 2. The van der Waals surface area contributed by atoms with E-state index in [1.165, 1.54) is 0 Å². The zero-order valence-corrected chi connectivity index (χ0v) is 19.9. The number of hydrogen-bond donors (Lipinski definition) is 2. The number of carbonyl (C=O) groups is 1. The molecule has 0 aliphatic carbocycles. The van der Waals surface area contributed by atoms with Crippen LogP contribution in [-0.2, 0) is 16.1 Å². The molecule has 0 saturated carbocycles. The number of oxime groups is 1. The van der Waals surface area contributed by atoms with Crippen molar-refractivity contribution in [2.45, 2.75) is 57.5 Å². The molecule has 0 atom stereocenters. The topological polar surface area (TPSA) is 106 Å². The van der Waals surface area contributed by atoms with Gasteiger partial charge in [-0.15, -0.1) is 0 Å². The number of rotatable bonds is 7. The summed E-state index contributed by atoms with van der Waals surface area (Å²) in [5.74, 6) is -0.184. The Morgan fingerprint density at radius 2 is 1.91 bits per heavy atom. The first-order valence-electron chi connectivity index (χ1n) is 12.2. The van der Waals surface area contributed by atoms with E-state index in [1.807, 2.05) is 49.4 Å². The Morgan fingerprint density at radius 1 is 1.14 bits per heavy atom. The van der Waals surface area contributed by atoms with Gasteiger partial charge in [0.05, 0.1) is 22.3 Å². The molecule has 2 aromatic carbocycles. The van der Waals surface area contributed by atoms with Crippen LogP contribution < -0.4 is 10.9 Å². The molecule has 8 nitrogen and oxygen atoms in total. The van der Waals surface area contributed by atoms with Gasteiger partial charge in [-0.05, 0) is 57.1 Å². The molecule has 3 aromatic rings. The van der Waals surface area contributed by atoms with Gasteiger partial charge in [0.25, 0.3) is 5.56 Å². The Balaban J connectivity index is 1.51. The summed E-state index contributed by atoms with van der Waals surface area (Å²) < 4.78 is 1.66. The summed E-state index contributed by atoms with van der Waals surface area (Å²) in [5.41, 5.74) is 3.94. The van der Waals surface area contributed by atoms with Crippen molar-refractivity contribution in [3.63, 3.8) is 0 Å². The lowest BCUT2D eigenvalue weighted by atomic mass is 9.86. The van der Waals surface area contributed by atoms with Crippen LogP contribution in [0.3, 0.4) is 0 Å². The molecule has 0 amide bonds. The lowest BCUT2D eigenvalue weighted by Crippen LogP contribution is -2.42. The number of nitrogens with zero attached hydrogens (tertiary/aromatic N) is 3. The summed E-state index contributed by atoms with van der Waals surface area (Å²) >= 11 is 0. The number of aliphatic carboxylic acids is 1. The Labute approximate surface area is 203 Å². The molecule has 2 aliphatic rings. The van der Waals surface area contributed by atoms with Crippen molar-refractivity contribution in [2.24, 2.45) is 5.16 Å². The van der Waals surface area contributed by atoms with E-state index in [2.05, 4.69) is 10.5 Å². The summed E-state index contributed by atoms with van der Waals surface area (Å²) in [7, 11) is 0. The third-order valence-corrected chi connectivity index (χ3v) is 6.96. The SMILES string of the molecule is Cc1ccc(-n2c(CCCCC(=O)O)nc3cc(C4=NOC5(CCNCC5)C4)ccc3c2=O)cc1. The number of carboxylic acids is 1. The smallest absolute Gasteiger partial charge is 0.303 e. The van der Waals surface area contributed by atoms with E-state index < -0.39 is 5.97 Å². The van der Waals surface area contributed by atoms with E-state index in [-0.39, 0.29) is 17.6 Å². The van der Waals surface area contributed by atoms with Crippen molar-refractivity contribution >= 4 is 22.6 Å². The molecular formula is C27H30N4O4. The normalized spacial score (nSPS) is 16.9. The zero-order valence-electron chi connectivity index (χ0n) is 19.9. The molecule has 1 fully saturated rings. The average Bonchev–Trinajstić information content (AvgIpc) is 3.26. The monoisotopic (exact) mass is 474 g/mol. The highest BCUT2D eigenvalue weighted by molar-refractivity contribution is 6.03. The molecule has 1 saturated heterocycles. The van der Waals surface area contributed by atoms with Gasteiger partial charge < -0.3 is 15.3 Å². The Bertz CT molecular complexity index is 1340. The molecule has 2 aliphatic heterocycles. The van der Waals surface area contributed by atoms with E-state index in [9.17, 15) is 9.59 Å². The van der Waals surface area contributed by atoms with Gasteiger partial charge in [0, 0.05) is 37.7 Å². The summed E-state index contributed by atoms with van der Waals surface area (Å²) in [6.45, 7) is 3.85. The molecule has 3 heterocycles. The van der Waals surface area contributed by atoms with Crippen molar-refractivity contribution in [2.75, 3.05) is 13.1 Å². The summed E-state index contributed by atoms with van der Waals surface area (Å²) in [4.78, 5) is 35.3. The maximum atomic E-state index is 13.6. The summed E-state index contributed by atoms with van der Waals surface area (Å²) in [5, 5.41) is 17.3. The van der Waals surface area contributed by atoms with Gasteiger partial charge in [-0.25, -0.2) is 4.98 Å². The minimum atomic E-state index is -0.817. The molecule has 1 spiro atoms. The first-order valence-corrected chi connectivity index (χ1v) is 12.2. The lowest BCUT2D eigenvalue weighted by molar-refractivity contribution is -0.137. The lowest BCUT2D eigenvalue weighted by Gasteiger charge is -2.30. The van der Waals surface area contributed by atoms with Crippen LogP contribution in [-0.4, -0.2) is 45.0 Å². The third-order valence-electron chi connectivity index (χ3n) is 6.96. The largest absolute Gasteiger partial charge is 0.481 e. The summed E-state index contributed by atoms with van der Waals surface area (Å²) in [6, 6.07) is 13.5. The van der Waals surface area contributed by atoms with Crippen molar-refractivity contribution in [1.82, 2.24) is 14.9 Å². The fourth-order valence-corrected chi connectivity index (χ4v) is 4.93. The number of unbranched alkanes of at least 4 members (excludes halogenated alkanes) is 1. The van der Waals surface area contributed by atoms with Crippen LogP contribution in [0.2, 0.25) is 0 Å². The van der Waals surface area contributed by atoms with Crippen molar-refractivity contribution in [1.29, 1.82) is 0 Å². The molecule has 1 aromatic heterocycles. The molecule has 2 N–H and O–H groups in total. The fourth-order valence-electron chi connectivity index (χ4n) is 4.93. The van der Waals surface area contributed by atoms with Crippen molar-refractivity contribution in [3.05, 3.63) is 69.8 Å². The van der Waals surface area contributed by atoms with Crippen molar-refractivity contribution in [3.8, 4) is 5.69 Å². The van der Waals surface area contributed by atoms with Crippen LogP contribution in [0.1, 0.15) is 55.5 Å². The molecule has 182 valence electrons. The molecule has 0 unspecified atom stereocenters. The predicted octanol–water partition coefficient (Wildman–Crippen LogP) is 3.74. The Kier molecular flexibility index (Phi) is 6.38. The second kappa shape index (κ2) is 9.62. The van der Waals surface area contributed by atoms with Gasteiger partial charge in [0.2, 0.25) is 0 Å². The molecule has 0 bridgehead atoms. The number of piperidine rings is 1. The summed E-state index contributed by atoms with van der Waals surface area (Å²) in [6.07, 6.45) is 4.37. The van der Waals surface area contributed by atoms with E-state index in [1.54, 1.807) is 4.57 Å². The Morgan fingerprint density at radius 3 is 2.66 bits per heavy atom. The van der Waals surface area contributed by atoms with Gasteiger partial charge in [-0.3, -0.25) is 14.2 Å². The highest BCUT2D eigenvalue weighted by atomic mass is 16.7. The number of benzene rings is 2. The number of hydrogen-bond acceptors (Lipinski definition) is 6. The number of nitrogens with one attached hydrogen (secondary N) is 1.